The molecule has 0 aromatic rings. The van der Waals surface area contributed by atoms with Gasteiger partial charge in [0.05, 0.1) is 0 Å². The second kappa shape index (κ2) is 1.82. The van der Waals surface area contributed by atoms with Crippen LogP contribution in [-0.4, -0.2) is 3.23 Å². The third-order valence-electron chi connectivity index (χ3n) is 0.682. The van der Waals surface area contributed by atoms with Crippen molar-refractivity contribution in [1.82, 2.24) is 0 Å². The third kappa shape index (κ3) is 1.00. The van der Waals surface area contributed by atoms with Crippen molar-refractivity contribution < 1.29 is 0 Å². The van der Waals surface area contributed by atoms with Crippen molar-refractivity contribution >= 4 is 63.7 Å². The highest BCUT2D eigenvalue weighted by Gasteiger charge is 2.46. The zero-order valence-electron chi connectivity index (χ0n) is 3.01. The maximum absolute atomic E-state index is 3.37. The molecule has 0 radical (unpaired) electrons. The van der Waals surface area contributed by atoms with Gasteiger partial charge in [-0.05, 0) is 0 Å². The number of alkyl halides is 2. The topological polar surface area (TPSA) is 0 Å². The van der Waals surface area contributed by atoms with Gasteiger partial charge in [0.15, 0.2) is 0 Å². The van der Waals surface area contributed by atoms with Crippen molar-refractivity contribution in [2.45, 2.75) is 3.23 Å². The lowest BCUT2D eigenvalue weighted by Crippen LogP contribution is -1.82. The maximum atomic E-state index is 3.37. The second-order valence-corrected chi connectivity index (χ2v) is 6.23. The number of hydrogen-bond donors (Lipinski definition) is 0. The quantitative estimate of drug-likeness (QED) is 0.584. The van der Waals surface area contributed by atoms with E-state index >= 15 is 0 Å². The Morgan fingerprint density at radius 1 is 1.00 bits per heavy atom. The highest BCUT2D eigenvalue weighted by Crippen LogP contribution is 2.62. The van der Waals surface area contributed by atoms with Gasteiger partial charge in [-0.25, -0.2) is 0 Å². The van der Waals surface area contributed by atoms with Crippen LogP contribution in [-0.2, 0) is 0 Å². The van der Waals surface area contributed by atoms with E-state index in [0.29, 0.717) is 0 Å². The summed E-state index contributed by atoms with van der Waals surface area (Å²) in [5, 5.41) is 0. The Morgan fingerprint density at radius 3 is 1.14 bits per heavy atom. The Hall–Kier alpha value is 1.66. The standard InChI is InChI=1S/C3Br4/c4-1-2(5)3(1,6)7. The van der Waals surface area contributed by atoms with E-state index in [9.17, 15) is 0 Å². The van der Waals surface area contributed by atoms with E-state index < -0.39 is 0 Å². The first-order valence-corrected chi connectivity index (χ1v) is 4.68. The molecule has 0 atom stereocenters. The van der Waals surface area contributed by atoms with Gasteiger partial charge >= 0.3 is 0 Å². The van der Waals surface area contributed by atoms with Crippen molar-refractivity contribution in [1.29, 1.82) is 0 Å². The molecule has 0 bridgehead atoms. The molecule has 0 aromatic heterocycles. The Morgan fingerprint density at radius 2 is 1.14 bits per heavy atom. The van der Waals surface area contributed by atoms with E-state index in [0.717, 1.165) is 8.96 Å². The minimum Gasteiger partial charge on any atom is -0.0608 e. The lowest BCUT2D eigenvalue weighted by atomic mass is 10.9. The molecule has 0 spiro atoms. The summed E-state index contributed by atoms with van der Waals surface area (Å²) in [6.45, 7) is 0. The van der Waals surface area contributed by atoms with Crippen LogP contribution in [0, 0.1) is 0 Å². The summed E-state index contributed by atoms with van der Waals surface area (Å²) in [6.07, 6.45) is 0. The fourth-order valence-corrected chi connectivity index (χ4v) is 2.90. The lowest BCUT2D eigenvalue weighted by molar-refractivity contribution is 1.64. The Labute approximate surface area is 75.2 Å². The third-order valence-corrected chi connectivity index (χ3v) is 6.91. The molecule has 0 unspecified atom stereocenters. The van der Waals surface area contributed by atoms with Gasteiger partial charge in [0, 0.05) is 8.96 Å². The van der Waals surface area contributed by atoms with Crippen molar-refractivity contribution in [3.8, 4) is 0 Å². The SMILES string of the molecule is BrC1=C(Br)C1(Br)Br. The molecule has 0 aromatic carbocycles. The summed E-state index contributed by atoms with van der Waals surface area (Å²) in [6, 6.07) is 0. The van der Waals surface area contributed by atoms with Crippen molar-refractivity contribution in [2.75, 3.05) is 0 Å². The van der Waals surface area contributed by atoms with Gasteiger partial charge < -0.3 is 0 Å². The summed E-state index contributed by atoms with van der Waals surface area (Å²) in [5.41, 5.74) is 0. The van der Waals surface area contributed by atoms with Crippen molar-refractivity contribution in [3.63, 3.8) is 0 Å². The molecule has 4 heteroatoms. The lowest BCUT2D eigenvalue weighted by Gasteiger charge is -1.90. The van der Waals surface area contributed by atoms with Crippen LogP contribution < -0.4 is 0 Å². The fourth-order valence-electron chi connectivity index (χ4n) is 0.184. The van der Waals surface area contributed by atoms with Crippen LogP contribution in [0.4, 0.5) is 0 Å². The Kier molecular flexibility index (Phi) is 1.76. The molecule has 0 aliphatic heterocycles. The highest BCUT2D eigenvalue weighted by atomic mass is 79.9. The van der Waals surface area contributed by atoms with Gasteiger partial charge in [-0.1, -0.05) is 63.7 Å². The smallest absolute Gasteiger partial charge is 0.0608 e. The summed E-state index contributed by atoms with van der Waals surface area (Å²) < 4.78 is 2.24. The molecular weight excluding hydrogens is 356 g/mol. The zero-order valence-corrected chi connectivity index (χ0v) is 9.36. The molecule has 0 nitrogen and oxygen atoms in total. The van der Waals surface area contributed by atoms with Crippen LogP contribution in [0.25, 0.3) is 0 Å². The summed E-state index contributed by atoms with van der Waals surface area (Å²) >= 11 is 13.3. The zero-order chi connectivity index (χ0) is 5.65. The largest absolute Gasteiger partial charge is 0.145 e. The molecule has 0 heterocycles. The molecule has 7 heavy (non-hydrogen) atoms. The molecule has 1 rings (SSSR count). The Balaban J connectivity index is 2.69. The van der Waals surface area contributed by atoms with Crippen LogP contribution in [0.5, 0.6) is 0 Å². The summed E-state index contributed by atoms with van der Waals surface area (Å²) in [7, 11) is 0. The predicted octanol–water partition coefficient (Wildman–Crippen LogP) is 3.49. The normalized spacial score (nSPS) is 25.7. The van der Waals surface area contributed by atoms with Gasteiger partial charge in [0.2, 0.25) is 0 Å². The van der Waals surface area contributed by atoms with Gasteiger partial charge in [0.25, 0.3) is 0 Å². The van der Waals surface area contributed by atoms with Gasteiger partial charge in [-0.2, -0.15) is 0 Å². The number of halogens is 4. The Bertz CT molecular complexity index is 120. The van der Waals surface area contributed by atoms with E-state index in [2.05, 4.69) is 63.7 Å². The first-order chi connectivity index (χ1) is 3.07. The highest BCUT2D eigenvalue weighted by molar-refractivity contribution is 9.28. The minimum atomic E-state index is -0.0417. The molecule has 0 fully saturated rings. The average molecular weight is 356 g/mol. The minimum absolute atomic E-state index is 0.0417. The fraction of sp³-hybridized carbons (Fsp3) is 0.333. The van der Waals surface area contributed by atoms with Crippen LogP contribution in [0.15, 0.2) is 8.96 Å². The van der Waals surface area contributed by atoms with Gasteiger partial charge in [-0.3, -0.25) is 0 Å². The van der Waals surface area contributed by atoms with Gasteiger partial charge in [-0.15, -0.1) is 0 Å². The van der Waals surface area contributed by atoms with E-state index in [1.165, 1.54) is 0 Å². The van der Waals surface area contributed by atoms with Gasteiger partial charge in [0.1, 0.15) is 3.23 Å². The van der Waals surface area contributed by atoms with Crippen molar-refractivity contribution in [3.05, 3.63) is 8.96 Å². The molecule has 0 N–H and O–H groups in total. The first kappa shape index (κ1) is 6.78. The molecule has 0 saturated heterocycles. The van der Waals surface area contributed by atoms with E-state index in [-0.39, 0.29) is 3.23 Å². The van der Waals surface area contributed by atoms with Crippen LogP contribution in [0.1, 0.15) is 0 Å². The molecule has 1 aliphatic rings. The molecule has 0 saturated carbocycles. The van der Waals surface area contributed by atoms with E-state index in [1.807, 2.05) is 0 Å². The van der Waals surface area contributed by atoms with Crippen LogP contribution in [0.3, 0.4) is 0 Å². The molecule has 0 amide bonds. The molecule has 1 aliphatic carbocycles. The summed E-state index contributed by atoms with van der Waals surface area (Å²) in [5.74, 6) is 0. The maximum Gasteiger partial charge on any atom is 0.145 e. The first-order valence-electron chi connectivity index (χ1n) is 1.51. The monoisotopic (exact) mass is 352 g/mol. The second-order valence-electron chi connectivity index (χ2n) is 1.20. The number of allylic oxidation sites excluding steroid dienone is 2. The number of rotatable bonds is 0. The molecule has 40 valence electrons. The van der Waals surface area contributed by atoms with Crippen molar-refractivity contribution in [2.24, 2.45) is 0 Å². The predicted molar refractivity (Wildman–Crippen MR) is 45.5 cm³/mol. The number of hydrogen-bond acceptors (Lipinski definition) is 0. The van der Waals surface area contributed by atoms with E-state index in [4.69, 9.17) is 0 Å². The average Bonchev–Trinajstić information content (AvgIpc) is 1.91. The van der Waals surface area contributed by atoms with Crippen LogP contribution in [0.2, 0.25) is 0 Å². The molecular formula is C3Br4. The van der Waals surface area contributed by atoms with E-state index in [1.54, 1.807) is 0 Å². The summed E-state index contributed by atoms with van der Waals surface area (Å²) in [4.78, 5) is 0. The van der Waals surface area contributed by atoms with Crippen LogP contribution >= 0.6 is 63.7 Å².